The average Bonchev–Trinajstić information content (AvgIpc) is 2.73. The van der Waals surface area contributed by atoms with Crippen LogP contribution >= 0.6 is 0 Å². The Labute approximate surface area is 106 Å². The Morgan fingerprint density at radius 1 is 1.29 bits per heavy atom. The molecule has 0 spiro atoms. The Morgan fingerprint density at radius 2 is 1.94 bits per heavy atom. The van der Waals surface area contributed by atoms with Crippen LogP contribution in [0.5, 0.6) is 0 Å². The van der Waals surface area contributed by atoms with Gasteiger partial charge < -0.3 is 10.6 Å². The summed E-state index contributed by atoms with van der Waals surface area (Å²) < 4.78 is 0. The van der Waals surface area contributed by atoms with Gasteiger partial charge in [0, 0.05) is 25.6 Å². The van der Waals surface area contributed by atoms with E-state index < -0.39 is 0 Å². The van der Waals surface area contributed by atoms with Crippen LogP contribution in [-0.2, 0) is 4.79 Å². The summed E-state index contributed by atoms with van der Waals surface area (Å²) in [6, 6.07) is 0.249. The number of carbonyl (C=O) groups is 1. The maximum Gasteiger partial charge on any atom is 0.221 e. The van der Waals surface area contributed by atoms with E-state index in [9.17, 15) is 4.79 Å². The summed E-state index contributed by atoms with van der Waals surface area (Å²) in [6.07, 6.45) is 7.33. The summed E-state index contributed by atoms with van der Waals surface area (Å²) in [6.45, 7) is 8.17. The normalized spacial score (nSPS) is 18.6. The van der Waals surface area contributed by atoms with Crippen LogP contribution in [0.1, 0.15) is 59.3 Å². The maximum absolute atomic E-state index is 11.4. The zero-order valence-corrected chi connectivity index (χ0v) is 11.6. The standard InChI is InChI=1S/C14H28N2O/c1-4-14(8-5-6-9-14)11-15-10-7-13(17)16-12(2)3/h12,15H,4-11H2,1-3H3,(H,16,17). The van der Waals surface area contributed by atoms with E-state index in [4.69, 9.17) is 0 Å². The van der Waals surface area contributed by atoms with Gasteiger partial charge in [-0.2, -0.15) is 0 Å². The molecule has 0 saturated heterocycles. The molecule has 0 aromatic rings. The van der Waals surface area contributed by atoms with Crippen molar-refractivity contribution in [2.45, 2.75) is 65.3 Å². The van der Waals surface area contributed by atoms with E-state index in [1.54, 1.807) is 0 Å². The topological polar surface area (TPSA) is 41.1 Å². The van der Waals surface area contributed by atoms with Crippen LogP contribution in [0.25, 0.3) is 0 Å². The minimum atomic E-state index is 0.157. The van der Waals surface area contributed by atoms with Crippen molar-refractivity contribution in [3.63, 3.8) is 0 Å². The largest absolute Gasteiger partial charge is 0.354 e. The molecular weight excluding hydrogens is 212 g/mol. The van der Waals surface area contributed by atoms with Gasteiger partial charge in [-0.25, -0.2) is 0 Å². The quantitative estimate of drug-likeness (QED) is 0.671. The van der Waals surface area contributed by atoms with Crippen molar-refractivity contribution in [3.05, 3.63) is 0 Å². The molecule has 1 fully saturated rings. The first kappa shape index (κ1) is 14.5. The smallest absolute Gasteiger partial charge is 0.221 e. The molecular formula is C14H28N2O. The Bertz CT molecular complexity index is 232. The van der Waals surface area contributed by atoms with Crippen molar-refractivity contribution in [2.75, 3.05) is 13.1 Å². The molecule has 1 amide bonds. The highest BCUT2D eigenvalue weighted by Crippen LogP contribution is 2.40. The second kappa shape index (κ2) is 7.00. The third kappa shape index (κ3) is 5.07. The van der Waals surface area contributed by atoms with Crippen LogP contribution in [0.3, 0.4) is 0 Å². The van der Waals surface area contributed by atoms with Gasteiger partial charge in [0.25, 0.3) is 0 Å². The molecule has 0 aromatic carbocycles. The lowest BCUT2D eigenvalue weighted by atomic mass is 9.83. The zero-order valence-electron chi connectivity index (χ0n) is 11.6. The summed E-state index contributed by atoms with van der Waals surface area (Å²) in [5, 5.41) is 6.38. The first-order valence-electron chi connectivity index (χ1n) is 7.08. The van der Waals surface area contributed by atoms with E-state index in [0.29, 0.717) is 11.8 Å². The number of carbonyl (C=O) groups excluding carboxylic acids is 1. The molecule has 0 atom stereocenters. The molecule has 0 aromatic heterocycles. The highest BCUT2D eigenvalue weighted by atomic mass is 16.1. The van der Waals surface area contributed by atoms with Gasteiger partial charge in [0.05, 0.1) is 0 Å². The lowest BCUT2D eigenvalue weighted by Crippen LogP contribution is -2.36. The first-order chi connectivity index (χ1) is 8.08. The minimum Gasteiger partial charge on any atom is -0.354 e. The molecule has 0 bridgehead atoms. The highest BCUT2D eigenvalue weighted by Gasteiger charge is 2.31. The summed E-state index contributed by atoms with van der Waals surface area (Å²) in [7, 11) is 0. The van der Waals surface area contributed by atoms with E-state index >= 15 is 0 Å². The Morgan fingerprint density at radius 3 is 2.47 bits per heavy atom. The minimum absolute atomic E-state index is 0.157. The third-order valence-electron chi connectivity index (χ3n) is 3.89. The van der Waals surface area contributed by atoms with Crippen molar-refractivity contribution in [1.82, 2.24) is 10.6 Å². The van der Waals surface area contributed by atoms with Crippen molar-refractivity contribution in [3.8, 4) is 0 Å². The number of amides is 1. The lowest BCUT2D eigenvalue weighted by Gasteiger charge is -2.27. The van der Waals surface area contributed by atoms with Gasteiger partial charge in [0.2, 0.25) is 5.91 Å². The maximum atomic E-state index is 11.4. The highest BCUT2D eigenvalue weighted by molar-refractivity contribution is 5.76. The van der Waals surface area contributed by atoms with Gasteiger partial charge in [-0.3, -0.25) is 4.79 Å². The molecule has 2 N–H and O–H groups in total. The monoisotopic (exact) mass is 240 g/mol. The lowest BCUT2D eigenvalue weighted by molar-refractivity contribution is -0.121. The van der Waals surface area contributed by atoms with Gasteiger partial charge in [0.15, 0.2) is 0 Å². The van der Waals surface area contributed by atoms with Crippen molar-refractivity contribution in [2.24, 2.45) is 5.41 Å². The molecule has 0 aliphatic heterocycles. The van der Waals surface area contributed by atoms with Crippen molar-refractivity contribution in [1.29, 1.82) is 0 Å². The Balaban J connectivity index is 2.13. The van der Waals surface area contributed by atoms with Crippen molar-refractivity contribution < 1.29 is 4.79 Å². The first-order valence-corrected chi connectivity index (χ1v) is 7.08. The molecule has 100 valence electrons. The molecule has 1 rings (SSSR count). The van der Waals surface area contributed by atoms with E-state index in [1.807, 2.05) is 13.8 Å². The Kier molecular flexibility index (Phi) is 5.96. The number of hydrogen-bond donors (Lipinski definition) is 2. The fourth-order valence-corrected chi connectivity index (χ4v) is 2.73. The predicted octanol–water partition coefficient (Wildman–Crippen LogP) is 2.46. The molecule has 1 aliphatic carbocycles. The van der Waals surface area contributed by atoms with Crippen molar-refractivity contribution >= 4 is 5.91 Å². The fraction of sp³-hybridized carbons (Fsp3) is 0.929. The third-order valence-corrected chi connectivity index (χ3v) is 3.89. The number of nitrogens with one attached hydrogen (secondary N) is 2. The molecule has 1 aliphatic rings. The number of rotatable bonds is 7. The zero-order chi connectivity index (χ0) is 12.7. The molecule has 3 heteroatoms. The second-order valence-corrected chi connectivity index (χ2v) is 5.71. The number of hydrogen-bond acceptors (Lipinski definition) is 2. The summed E-state index contributed by atoms with van der Waals surface area (Å²) in [4.78, 5) is 11.4. The van der Waals surface area contributed by atoms with Crippen LogP contribution in [-0.4, -0.2) is 25.0 Å². The summed E-state index contributed by atoms with van der Waals surface area (Å²) in [5.74, 6) is 0.157. The van der Waals surface area contributed by atoms with Crippen LogP contribution in [0, 0.1) is 5.41 Å². The van der Waals surface area contributed by atoms with Gasteiger partial charge in [-0.15, -0.1) is 0 Å². The van der Waals surface area contributed by atoms with Crippen LogP contribution < -0.4 is 10.6 Å². The molecule has 0 radical (unpaired) electrons. The van der Waals surface area contributed by atoms with E-state index in [0.717, 1.165) is 13.1 Å². The van der Waals surface area contributed by atoms with Gasteiger partial charge in [-0.05, 0) is 38.5 Å². The van der Waals surface area contributed by atoms with E-state index in [2.05, 4.69) is 17.6 Å². The van der Waals surface area contributed by atoms with Gasteiger partial charge >= 0.3 is 0 Å². The SMILES string of the molecule is CCC1(CNCCC(=O)NC(C)C)CCCC1. The molecule has 0 heterocycles. The van der Waals surface area contributed by atoms with E-state index in [-0.39, 0.29) is 11.9 Å². The van der Waals surface area contributed by atoms with Crippen LogP contribution in [0.2, 0.25) is 0 Å². The molecule has 1 saturated carbocycles. The predicted molar refractivity (Wildman–Crippen MR) is 72.0 cm³/mol. The molecule has 3 nitrogen and oxygen atoms in total. The fourth-order valence-electron chi connectivity index (χ4n) is 2.73. The molecule has 0 unspecified atom stereocenters. The second-order valence-electron chi connectivity index (χ2n) is 5.71. The Hall–Kier alpha value is -0.570. The van der Waals surface area contributed by atoms with Crippen LogP contribution in [0.15, 0.2) is 0 Å². The molecule has 17 heavy (non-hydrogen) atoms. The van der Waals surface area contributed by atoms with Crippen LogP contribution in [0.4, 0.5) is 0 Å². The summed E-state index contributed by atoms with van der Waals surface area (Å²) in [5.41, 5.74) is 0.522. The summed E-state index contributed by atoms with van der Waals surface area (Å²) >= 11 is 0. The van der Waals surface area contributed by atoms with E-state index in [1.165, 1.54) is 32.1 Å². The van der Waals surface area contributed by atoms with Gasteiger partial charge in [0.1, 0.15) is 0 Å². The van der Waals surface area contributed by atoms with Gasteiger partial charge in [-0.1, -0.05) is 19.8 Å². The average molecular weight is 240 g/mol.